The van der Waals surface area contributed by atoms with Crippen LogP contribution in [0.25, 0.3) is 0 Å². The Hall–Kier alpha value is -2.56. The van der Waals surface area contributed by atoms with Crippen molar-refractivity contribution in [3.05, 3.63) is 59.5 Å². The number of carbonyl (C=O) groups is 2. The lowest BCUT2D eigenvalue weighted by atomic mass is 10.1. The van der Waals surface area contributed by atoms with Gasteiger partial charge in [-0.15, -0.1) is 0 Å². The lowest BCUT2D eigenvalue weighted by molar-refractivity contribution is 0.0695. The van der Waals surface area contributed by atoms with E-state index >= 15 is 0 Å². The summed E-state index contributed by atoms with van der Waals surface area (Å²) in [6.45, 7) is 0.368. The third-order valence-electron chi connectivity index (χ3n) is 2.70. The Morgan fingerprint density at radius 2 is 1.79 bits per heavy atom. The number of nitrogens with zero attached hydrogens (tertiary/aromatic N) is 1. The highest BCUT2D eigenvalue weighted by Gasteiger charge is 2.13. The molecule has 0 aliphatic heterocycles. The van der Waals surface area contributed by atoms with Crippen LogP contribution in [0.1, 0.15) is 26.5 Å². The number of benzene rings is 1. The Bertz CT molecular complexity index is 572. The zero-order chi connectivity index (χ0) is 13.8. The van der Waals surface area contributed by atoms with Crippen LogP contribution in [0.15, 0.2) is 47.1 Å². The monoisotopic (exact) mass is 259 g/mol. The van der Waals surface area contributed by atoms with E-state index in [1.807, 2.05) is 0 Å². The fraction of sp³-hybridized carbons (Fsp3) is 0.143. The summed E-state index contributed by atoms with van der Waals surface area (Å²) in [6.07, 6.45) is 1.55. The Morgan fingerprint density at radius 3 is 2.32 bits per heavy atom. The van der Waals surface area contributed by atoms with Gasteiger partial charge < -0.3 is 14.4 Å². The molecule has 0 atom stereocenters. The Balaban J connectivity index is 2.08. The molecule has 5 nitrogen and oxygen atoms in total. The molecule has 98 valence electrons. The number of hydrogen-bond acceptors (Lipinski definition) is 3. The number of carboxylic acids is 1. The predicted molar refractivity (Wildman–Crippen MR) is 67.9 cm³/mol. The second-order valence-corrected chi connectivity index (χ2v) is 4.12. The second kappa shape index (κ2) is 5.39. The summed E-state index contributed by atoms with van der Waals surface area (Å²) in [4.78, 5) is 24.3. The van der Waals surface area contributed by atoms with Gasteiger partial charge in [-0.3, -0.25) is 4.79 Å². The number of hydrogen-bond donors (Lipinski definition) is 1. The highest BCUT2D eigenvalue weighted by atomic mass is 16.4. The van der Waals surface area contributed by atoms with Crippen LogP contribution in [-0.4, -0.2) is 28.9 Å². The Labute approximate surface area is 110 Å². The largest absolute Gasteiger partial charge is 0.478 e. The van der Waals surface area contributed by atoms with E-state index in [1.54, 1.807) is 25.4 Å². The van der Waals surface area contributed by atoms with Crippen molar-refractivity contribution < 1.29 is 19.1 Å². The van der Waals surface area contributed by atoms with Gasteiger partial charge in [-0.05, 0) is 36.4 Å². The molecule has 0 spiro atoms. The molecule has 1 aromatic carbocycles. The van der Waals surface area contributed by atoms with Crippen LogP contribution in [-0.2, 0) is 6.54 Å². The first kappa shape index (κ1) is 12.9. The van der Waals surface area contributed by atoms with E-state index in [0.717, 1.165) is 0 Å². The summed E-state index contributed by atoms with van der Waals surface area (Å²) in [5.74, 6) is -0.505. The van der Waals surface area contributed by atoms with Crippen LogP contribution >= 0.6 is 0 Å². The molecule has 0 unspecified atom stereocenters. The van der Waals surface area contributed by atoms with E-state index in [9.17, 15) is 9.59 Å². The van der Waals surface area contributed by atoms with E-state index in [2.05, 4.69) is 0 Å². The number of furan rings is 1. The molecule has 1 aromatic heterocycles. The highest BCUT2D eigenvalue weighted by molar-refractivity contribution is 5.95. The van der Waals surface area contributed by atoms with Crippen LogP contribution in [0.5, 0.6) is 0 Å². The van der Waals surface area contributed by atoms with Crippen molar-refractivity contribution in [2.24, 2.45) is 0 Å². The molecule has 0 saturated carbocycles. The van der Waals surface area contributed by atoms with Crippen molar-refractivity contribution in [3.8, 4) is 0 Å². The zero-order valence-corrected chi connectivity index (χ0v) is 10.4. The third-order valence-corrected chi connectivity index (χ3v) is 2.70. The fourth-order valence-corrected chi connectivity index (χ4v) is 1.68. The predicted octanol–water partition coefficient (Wildman–Crippen LogP) is 2.25. The lowest BCUT2D eigenvalue weighted by Crippen LogP contribution is -2.26. The van der Waals surface area contributed by atoms with Gasteiger partial charge in [-0.25, -0.2) is 4.79 Å². The van der Waals surface area contributed by atoms with Crippen LogP contribution in [0.4, 0.5) is 0 Å². The quantitative estimate of drug-likeness (QED) is 0.914. The van der Waals surface area contributed by atoms with Gasteiger partial charge in [0, 0.05) is 12.6 Å². The SMILES string of the molecule is CN(Cc1ccco1)C(=O)c1ccc(C(=O)O)cc1. The molecule has 0 aliphatic carbocycles. The highest BCUT2D eigenvalue weighted by Crippen LogP contribution is 2.10. The summed E-state index contributed by atoms with van der Waals surface area (Å²) in [6, 6.07) is 9.38. The molecule has 0 radical (unpaired) electrons. The van der Waals surface area contributed by atoms with Gasteiger partial charge in [-0.1, -0.05) is 0 Å². The summed E-state index contributed by atoms with van der Waals surface area (Å²) in [5, 5.41) is 8.79. The molecule has 0 bridgehead atoms. The summed E-state index contributed by atoms with van der Waals surface area (Å²) < 4.78 is 5.17. The molecule has 5 heteroatoms. The first-order chi connectivity index (χ1) is 9.08. The Kier molecular flexibility index (Phi) is 3.66. The molecular weight excluding hydrogens is 246 g/mol. The maximum absolute atomic E-state index is 12.1. The number of amides is 1. The van der Waals surface area contributed by atoms with Gasteiger partial charge in [0.05, 0.1) is 18.4 Å². The van der Waals surface area contributed by atoms with Gasteiger partial charge in [0.15, 0.2) is 0 Å². The molecule has 0 fully saturated rings. The minimum absolute atomic E-state index is 0.158. The second-order valence-electron chi connectivity index (χ2n) is 4.12. The number of carboxylic acid groups (broad SMARTS) is 1. The number of rotatable bonds is 4. The maximum atomic E-state index is 12.1. The van der Waals surface area contributed by atoms with Gasteiger partial charge >= 0.3 is 5.97 Å². The van der Waals surface area contributed by atoms with Crippen molar-refractivity contribution in [1.82, 2.24) is 4.90 Å². The van der Waals surface area contributed by atoms with E-state index < -0.39 is 5.97 Å². The van der Waals surface area contributed by atoms with Crippen molar-refractivity contribution in [2.45, 2.75) is 6.54 Å². The van der Waals surface area contributed by atoms with E-state index in [4.69, 9.17) is 9.52 Å². The van der Waals surface area contributed by atoms with Crippen molar-refractivity contribution in [3.63, 3.8) is 0 Å². The van der Waals surface area contributed by atoms with E-state index in [-0.39, 0.29) is 11.5 Å². The number of carbonyl (C=O) groups excluding carboxylic acids is 1. The lowest BCUT2D eigenvalue weighted by Gasteiger charge is -2.15. The first-order valence-electron chi connectivity index (χ1n) is 5.69. The zero-order valence-electron chi connectivity index (χ0n) is 10.4. The first-order valence-corrected chi connectivity index (χ1v) is 5.69. The Morgan fingerprint density at radius 1 is 1.16 bits per heavy atom. The average Bonchev–Trinajstić information content (AvgIpc) is 2.90. The molecule has 2 aromatic rings. The van der Waals surface area contributed by atoms with Gasteiger partial charge in [-0.2, -0.15) is 0 Å². The van der Waals surface area contributed by atoms with Crippen molar-refractivity contribution in [2.75, 3.05) is 7.05 Å². The molecule has 0 saturated heterocycles. The minimum atomic E-state index is -1.01. The average molecular weight is 259 g/mol. The summed E-state index contributed by atoms with van der Waals surface area (Å²) >= 11 is 0. The van der Waals surface area contributed by atoms with Gasteiger partial charge in [0.2, 0.25) is 0 Å². The van der Waals surface area contributed by atoms with Crippen molar-refractivity contribution in [1.29, 1.82) is 0 Å². The van der Waals surface area contributed by atoms with Crippen LogP contribution < -0.4 is 0 Å². The van der Waals surface area contributed by atoms with Crippen LogP contribution in [0.3, 0.4) is 0 Å². The summed E-state index contributed by atoms with van der Waals surface area (Å²) in [5.41, 5.74) is 0.601. The van der Waals surface area contributed by atoms with Gasteiger partial charge in [0.1, 0.15) is 5.76 Å². The van der Waals surface area contributed by atoms with Crippen LogP contribution in [0.2, 0.25) is 0 Å². The molecular formula is C14H13NO4. The fourth-order valence-electron chi connectivity index (χ4n) is 1.68. The summed E-state index contributed by atoms with van der Waals surface area (Å²) in [7, 11) is 1.66. The standard InChI is InChI=1S/C14H13NO4/c1-15(9-12-3-2-8-19-12)13(16)10-4-6-11(7-5-10)14(17)18/h2-8H,9H2,1H3,(H,17,18). The third kappa shape index (κ3) is 3.01. The maximum Gasteiger partial charge on any atom is 0.335 e. The topological polar surface area (TPSA) is 70.8 Å². The normalized spacial score (nSPS) is 10.2. The molecule has 0 aliphatic rings. The molecule has 19 heavy (non-hydrogen) atoms. The molecule has 2 rings (SSSR count). The van der Waals surface area contributed by atoms with Crippen molar-refractivity contribution >= 4 is 11.9 Å². The molecule has 1 amide bonds. The smallest absolute Gasteiger partial charge is 0.335 e. The molecule has 1 N–H and O–H groups in total. The van der Waals surface area contributed by atoms with Crippen LogP contribution in [0, 0.1) is 0 Å². The molecule has 1 heterocycles. The number of aromatic carboxylic acids is 1. The van der Waals surface area contributed by atoms with E-state index in [0.29, 0.717) is 17.9 Å². The van der Waals surface area contributed by atoms with E-state index in [1.165, 1.54) is 29.2 Å². The van der Waals surface area contributed by atoms with Gasteiger partial charge in [0.25, 0.3) is 5.91 Å². The minimum Gasteiger partial charge on any atom is -0.478 e.